The summed E-state index contributed by atoms with van der Waals surface area (Å²) in [5.74, 6) is 0.907. The summed E-state index contributed by atoms with van der Waals surface area (Å²) in [6.45, 7) is 7.63. The highest BCUT2D eigenvalue weighted by Gasteiger charge is 2.11. The first-order chi connectivity index (χ1) is 8.51. The first-order valence-corrected chi connectivity index (χ1v) is 7.55. The van der Waals surface area contributed by atoms with E-state index in [1.807, 2.05) is 12.1 Å². The Balaban J connectivity index is 2.40. The van der Waals surface area contributed by atoms with Gasteiger partial charge in [-0.3, -0.25) is 0 Å². The molecule has 102 valence electrons. The molecule has 0 bridgehead atoms. The maximum atomic E-state index is 5.83. The fourth-order valence-electron chi connectivity index (χ4n) is 1.54. The lowest BCUT2D eigenvalue weighted by Crippen LogP contribution is -2.22. The van der Waals surface area contributed by atoms with E-state index in [0.717, 1.165) is 36.1 Å². The highest BCUT2D eigenvalue weighted by molar-refractivity contribution is 9.09. The number of hydrogen-bond acceptors (Lipinski definition) is 2. The van der Waals surface area contributed by atoms with E-state index in [0.29, 0.717) is 6.61 Å². The minimum Gasteiger partial charge on any atom is -0.488 e. The van der Waals surface area contributed by atoms with Crippen molar-refractivity contribution >= 4 is 15.9 Å². The summed E-state index contributed by atoms with van der Waals surface area (Å²) < 4.78 is 11.5. The average Bonchev–Trinajstić information content (AvgIpc) is 2.27. The highest BCUT2D eigenvalue weighted by Crippen LogP contribution is 2.19. The normalized spacial score (nSPS) is 11.6. The Kier molecular flexibility index (Phi) is 6.72. The second kappa shape index (κ2) is 7.80. The Morgan fingerprint density at radius 1 is 1.17 bits per heavy atom. The third-order valence-corrected chi connectivity index (χ3v) is 2.82. The van der Waals surface area contributed by atoms with E-state index in [4.69, 9.17) is 9.47 Å². The zero-order valence-electron chi connectivity index (χ0n) is 11.5. The molecule has 1 rings (SSSR count). The SMILES string of the molecule is CC(C)(C)Oc1cccc(COCCCCBr)c1. The van der Waals surface area contributed by atoms with E-state index in [1.54, 1.807) is 0 Å². The third kappa shape index (κ3) is 7.02. The second-order valence-corrected chi connectivity index (χ2v) is 6.10. The van der Waals surface area contributed by atoms with E-state index >= 15 is 0 Å². The summed E-state index contributed by atoms with van der Waals surface area (Å²) in [4.78, 5) is 0. The van der Waals surface area contributed by atoms with Gasteiger partial charge in [0.25, 0.3) is 0 Å². The van der Waals surface area contributed by atoms with E-state index in [2.05, 4.69) is 48.8 Å². The number of halogens is 1. The van der Waals surface area contributed by atoms with Crippen LogP contribution in [0.3, 0.4) is 0 Å². The molecule has 3 heteroatoms. The molecule has 2 nitrogen and oxygen atoms in total. The molecule has 0 unspecified atom stereocenters. The summed E-state index contributed by atoms with van der Waals surface area (Å²) in [7, 11) is 0. The van der Waals surface area contributed by atoms with Crippen LogP contribution in [-0.4, -0.2) is 17.5 Å². The number of benzene rings is 1. The van der Waals surface area contributed by atoms with Crippen molar-refractivity contribution in [1.82, 2.24) is 0 Å². The maximum Gasteiger partial charge on any atom is 0.120 e. The van der Waals surface area contributed by atoms with Crippen LogP contribution in [0.4, 0.5) is 0 Å². The van der Waals surface area contributed by atoms with Crippen LogP contribution in [-0.2, 0) is 11.3 Å². The molecule has 0 heterocycles. The topological polar surface area (TPSA) is 18.5 Å². The Morgan fingerprint density at radius 3 is 2.61 bits per heavy atom. The lowest BCUT2D eigenvalue weighted by molar-refractivity contribution is 0.115. The molecule has 0 saturated heterocycles. The Morgan fingerprint density at radius 2 is 1.94 bits per heavy atom. The van der Waals surface area contributed by atoms with Gasteiger partial charge in [-0.05, 0) is 51.3 Å². The van der Waals surface area contributed by atoms with E-state index < -0.39 is 0 Å². The summed E-state index contributed by atoms with van der Waals surface area (Å²) in [6.07, 6.45) is 2.26. The molecule has 0 amide bonds. The molecule has 0 aliphatic heterocycles. The lowest BCUT2D eigenvalue weighted by atomic mass is 10.1. The van der Waals surface area contributed by atoms with Gasteiger partial charge in [0.05, 0.1) is 6.61 Å². The zero-order chi connectivity index (χ0) is 13.4. The van der Waals surface area contributed by atoms with Crippen LogP contribution in [0.15, 0.2) is 24.3 Å². The van der Waals surface area contributed by atoms with E-state index in [9.17, 15) is 0 Å². The molecule has 18 heavy (non-hydrogen) atoms. The largest absolute Gasteiger partial charge is 0.488 e. The van der Waals surface area contributed by atoms with Crippen molar-refractivity contribution in [3.8, 4) is 5.75 Å². The van der Waals surface area contributed by atoms with Crippen molar-refractivity contribution in [2.24, 2.45) is 0 Å². The van der Waals surface area contributed by atoms with Gasteiger partial charge in [0.1, 0.15) is 11.4 Å². The molecule has 0 N–H and O–H groups in total. The minimum absolute atomic E-state index is 0.157. The molecule has 0 fully saturated rings. The van der Waals surface area contributed by atoms with Crippen molar-refractivity contribution in [2.75, 3.05) is 11.9 Å². The fourth-order valence-corrected chi connectivity index (χ4v) is 1.94. The number of ether oxygens (including phenoxy) is 2. The first-order valence-electron chi connectivity index (χ1n) is 6.43. The molecule has 0 spiro atoms. The molecular formula is C15H23BrO2. The molecule has 0 aliphatic rings. The molecular weight excluding hydrogens is 292 g/mol. The number of unbranched alkanes of at least 4 members (excludes halogenated alkanes) is 1. The van der Waals surface area contributed by atoms with Crippen molar-refractivity contribution in [2.45, 2.75) is 45.8 Å². The molecule has 1 aromatic carbocycles. The highest BCUT2D eigenvalue weighted by atomic mass is 79.9. The van der Waals surface area contributed by atoms with Crippen LogP contribution in [0.5, 0.6) is 5.75 Å². The van der Waals surface area contributed by atoms with Crippen LogP contribution >= 0.6 is 15.9 Å². The molecule has 0 aliphatic carbocycles. The van der Waals surface area contributed by atoms with Crippen molar-refractivity contribution in [1.29, 1.82) is 0 Å². The van der Waals surface area contributed by atoms with E-state index in [-0.39, 0.29) is 5.60 Å². The quantitative estimate of drug-likeness (QED) is 0.542. The van der Waals surface area contributed by atoms with Gasteiger partial charge in [0, 0.05) is 11.9 Å². The molecule has 0 atom stereocenters. The van der Waals surface area contributed by atoms with Crippen molar-refractivity contribution < 1.29 is 9.47 Å². The Labute approximate surface area is 119 Å². The van der Waals surface area contributed by atoms with Crippen LogP contribution in [0.2, 0.25) is 0 Å². The lowest BCUT2D eigenvalue weighted by Gasteiger charge is -2.21. The van der Waals surface area contributed by atoms with Gasteiger partial charge in [-0.15, -0.1) is 0 Å². The first kappa shape index (κ1) is 15.5. The second-order valence-electron chi connectivity index (χ2n) is 5.31. The van der Waals surface area contributed by atoms with Gasteiger partial charge in [-0.2, -0.15) is 0 Å². The summed E-state index contributed by atoms with van der Waals surface area (Å²) in [5, 5.41) is 1.05. The third-order valence-electron chi connectivity index (χ3n) is 2.26. The number of rotatable bonds is 7. The maximum absolute atomic E-state index is 5.83. The van der Waals surface area contributed by atoms with Gasteiger partial charge < -0.3 is 9.47 Å². The molecule has 1 aromatic rings. The van der Waals surface area contributed by atoms with Gasteiger partial charge in [-0.1, -0.05) is 28.1 Å². The van der Waals surface area contributed by atoms with Gasteiger partial charge in [-0.25, -0.2) is 0 Å². The molecule has 0 saturated carbocycles. The predicted molar refractivity (Wildman–Crippen MR) is 79.5 cm³/mol. The number of hydrogen-bond donors (Lipinski definition) is 0. The van der Waals surface area contributed by atoms with E-state index in [1.165, 1.54) is 0 Å². The smallest absolute Gasteiger partial charge is 0.120 e. The van der Waals surface area contributed by atoms with Gasteiger partial charge >= 0.3 is 0 Å². The van der Waals surface area contributed by atoms with Gasteiger partial charge in [0.2, 0.25) is 0 Å². The molecule has 0 aromatic heterocycles. The van der Waals surface area contributed by atoms with Crippen LogP contribution in [0, 0.1) is 0 Å². The minimum atomic E-state index is -0.157. The monoisotopic (exact) mass is 314 g/mol. The van der Waals surface area contributed by atoms with Crippen LogP contribution < -0.4 is 4.74 Å². The summed E-state index contributed by atoms with van der Waals surface area (Å²) in [5.41, 5.74) is 1.01. The Hall–Kier alpha value is -0.540. The number of alkyl halides is 1. The van der Waals surface area contributed by atoms with Crippen molar-refractivity contribution in [3.05, 3.63) is 29.8 Å². The average molecular weight is 315 g/mol. The fraction of sp³-hybridized carbons (Fsp3) is 0.600. The summed E-state index contributed by atoms with van der Waals surface area (Å²) in [6, 6.07) is 8.12. The van der Waals surface area contributed by atoms with Crippen LogP contribution in [0.25, 0.3) is 0 Å². The van der Waals surface area contributed by atoms with Gasteiger partial charge in [0.15, 0.2) is 0 Å². The zero-order valence-corrected chi connectivity index (χ0v) is 13.1. The summed E-state index contributed by atoms with van der Waals surface area (Å²) >= 11 is 3.41. The Bertz CT molecular complexity index is 345. The van der Waals surface area contributed by atoms with Crippen LogP contribution in [0.1, 0.15) is 39.2 Å². The predicted octanol–water partition coefficient (Wildman–Crippen LogP) is 4.56. The van der Waals surface area contributed by atoms with Crippen molar-refractivity contribution in [3.63, 3.8) is 0 Å². The standard InChI is InChI=1S/C15H23BrO2/c1-15(2,3)18-14-8-6-7-13(11-14)12-17-10-5-4-9-16/h6-8,11H,4-5,9-10,12H2,1-3H3. The molecule has 0 radical (unpaired) electrons.